The van der Waals surface area contributed by atoms with Crippen LogP contribution < -0.4 is 15.8 Å². The average Bonchev–Trinajstić information content (AvgIpc) is 2.95. The number of furan rings is 1. The van der Waals surface area contributed by atoms with E-state index in [-0.39, 0.29) is 27.9 Å². The van der Waals surface area contributed by atoms with E-state index in [2.05, 4.69) is 17.5 Å². The molecular weight excluding hydrogens is 310 g/mol. The second-order valence-corrected chi connectivity index (χ2v) is 4.56. The highest BCUT2D eigenvalue weighted by atomic mass is 32.1. The van der Waals surface area contributed by atoms with Gasteiger partial charge in [-0.25, -0.2) is 0 Å². The molecule has 0 unspecified atom stereocenters. The number of thiocarbonyl (C=S) groups is 1. The summed E-state index contributed by atoms with van der Waals surface area (Å²) in [6, 6.07) is 7.12. The summed E-state index contributed by atoms with van der Waals surface area (Å²) in [6.07, 6.45) is 0. The first-order valence-electron chi connectivity index (χ1n) is 5.96. The standard InChI is InChI=1S/C13H11N3O5S/c1-20-7-2-3-8(9(6-7)16(18)19)10-4-5-11(21-10)12(17)15-13(14)22/h2-6H,1H3,(H3,14,15,17,22). The smallest absolute Gasteiger partial charge is 0.293 e. The van der Waals surface area contributed by atoms with Crippen molar-refractivity contribution in [2.24, 2.45) is 5.73 Å². The molecule has 0 fully saturated rings. The Balaban J connectivity index is 2.41. The van der Waals surface area contributed by atoms with E-state index in [1.165, 1.54) is 31.4 Å². The van der Waals surface area contributed by atoms with E-state index >= 15 is 0 Å². The van der Waals surface area contributed by atoms with Gasteiger partial charge in [0.25, 0.3) is 11.6 Å². The normalized spacial score (nSPS) is 10.0. The number of carbonyl (C=O) groups is 1. The topological polar surface area (TPSA) is 121 Å². The van der Waals surface area contributed by atoms with Gasteiger partial charge in [-0.05, 0) is 36.5 Å². The lowest BCUT2D eigenvalue weighted by Crippen LogP contribution is -2.34. The Morgan fingerprint density at radius 2 is 2.14 bits per heavy atom. The number of rotatable bonds is 4. The molecule has 1 heterocycles. The van der Waals surface area contributed by atoms with Crippen LogP contribution in [0.1, 0.15) is 10.6 Å². The van der Waals surface area contributed by atoms with E-state index in [0.717, 1.165) is 0 Å². The summed E-state index contributed by atoms with van der Waals surface area (Å²) in [6.45, 7) is 0. The number of nitro benzene ring substituents is 1. The van der Waals surface area contributed by atoms with Gasteiger partial charge in [-0.3, -0.25) is 20.2 Å². The summed E-state index contributed by atoms with van der Waals surface area (Å²) in [5.41, 5.74) is 5.22. The number of nitrogens with zero attached hydrogens (tertiary/aromatic N) is 1. The molecule has 114 valence electrons. The van der Waals surface area contributed by atoms with Crippen LogP contribution in [0.5, 0.6) is 5.75 Å². The molecule has 1 aromatic heterocycles. The quantitative estimate of drug-likeness (QED) is 0.500. The van der Waals surface area contributed by atoms with Crippen LogP contribution in [0.15, 0.2) is 34.7 Å². The fourth-order valence-corrected chi connectivity index (χ4v) is 1.87. The number of hydrogen-bond acceptors (Lipinski definition) is 6. The van der Waals surface area contributed by atoms with Crippen molar-refractivity contribution in [1.82, 2.24) is 5.32 Å². The van der Waals surface area contributed by atoms with Gasteiger partial charge in [0.05, 0.1) is 23.7 Å². The fraction of sp³-hybridized carbons (Fsp3) is 0.0769. The Bertz CT molecular complexity index is 756. The van der Waals surface area contributed by atoms with Crippen molar-refractivity contribution in [2.45, 2.75) is 0 Å². The van der Waals surface area contributed by atoms with E-state index in [1.54, 1.807) is 6.07 Å². The van der Waals surface area contributed by atoms with Crippen molar-refractivity contribution >= 4 is 28.9 Å². The molecule has 0 bridgehead atoms. The van der Waals surface area contributed by atoms with Crippen LogP contribution in [0, 0.1) is 10.1 Å². The van der Waals surface area contributed by atoms with Gasteiger partial charge in [-0.15, -0.1) is 0 Å². The second kappa shape index (κ2) is 6.22. The van der Waals surface area contributed by atoms with Crippen LogP contribution in [0.4, 0.5) is 5.69 Å². The summed E-state index contributed by atoms with van der Waals surface area (Å²) in [7, 11) is 1.41. The van der Waals surface area contributed by atoms with E-state index in [1.807, 2.05) is 0 Å². The van der Waals surface area contributed by atoms with E-state index < -0.39 is 10.8 Å². The Kier molecular flexibility index (Phi) is 4.37. The Hall–Kier alpha value is -2.94. The summed E-state index contributed by atoms with van der Waals surface area (Å²) in [5.74, 6) is -0.182. The maximum Gasteiger partial charge on any atom is 0.293 e. The number of ether oxygens (including phenoxy) is 1. The van der Waals surface area contributed by atoms with E-state index in [4.69, 9.17) is 14.9 Å². The maximum atomic E-state index is 11.7. The third-order valence-corrected chi connectivity index (χ3v) is 2.84. The fourth-order valence-electron chi connectivity index (χ4n) is 1.78. The van der Waals surface area contributed by atoms with Crippen LogP contribution in [-0.4, -0.2) is 23.1 Å². The SMILES string of the molecule is COc1ccc(-c2ccc(C(=O)NC(N)=S)o2)c([N+](=O)[O-])c1. The number of nitrogens with one attached hydrogen (secondary N) is 1. The molecule has 0 saturated carbocycles. The zero-order valence-corrected chi connectivity index (χ0v) is 12.2. The second-order valence-electron chi connectivity index (χ2n) is 4.12. The van der Waals surface area contributed by atoms with Gasteiger partial charge in [0.2, 0.25) is 0 Å². The molecule has 2 rings (SSSR count). The van der Waals surface area contributed by atoms with Crippen molar-refractivity contribution in [3.63, 3.8) is 0 Å². The van der Waals surface area contributed by atoms with Gasteiger partial charge in [0.15, 0.2) is 10.9 Å². The van der Waals surface area contributed by atoms with Crippen LogP contribution in [0.2, 0.25) is 0 Å². The average molecular weight is 321 g/mol. The first-order chi connectivity index (χ1) is 10.4. The maximum absolute atomic E-state index is 11.7. The predicted octanol–water partition coefficient (Wildman–Crippen LogP) is 1.84. The molecule has 0 saturated heterocycles. The molecular formula is C13H11N3O5S. The highest BCUT2D eigenvalue weighted by Gasteiger charge is 2.21. The van der Waals surface area contributed by atoms with Gasteiger partial charge in [0.1, 0.15) is 11.5 Å². The zero-order valence-electron chi connectivity index (χ0n) is 11.4. The van der Waals surface area contributed by atoms with Crippen molar-refractivity contribution in [3.8, 4) is 17.1 Å². The molecule has 0 spiro atoms. The van der Waals surface area contributed by atoms with Gasteiger partial charge in [-0.2, -0.15) is 0 Å². The third kappa shape index (κ3) is 3.20. The minimum absolute atomic E-state index is 0.0621. The molecule has 0 aliphatic heterocycles. The Labute approximate surface area is 130 Å². The Morgan fingerprint density at radius 3 is 2.73 bits per heavy atom. The van der Waals surface area contributed by atoms with Gasteiger partial charge >= 0.3 is 0 Å². The number of hydrogen-bond donors (Lipinski definition) is 2. The minimum atomic E-state index is -0.630. The van der Waals surface area contributed by atoms with Crippen molar-refractivity contribution in [2.75, 3.05) is 7.11 Å². The monoisotopic (exact) mass is 321 g/mol. The highest BCUT2D eigenvalue weighted by Crippen LogP contribution is 2.34. The molecule has 1 amide bonds. The first-order valence-corrected chi connectivity index (χ1v) is 6.36. The first kappa shape index (κ1) is 15.4. The molecule has 1 aromatic carbocycles. The Morgan fingerprint density at radius 1 is 1.41 bits per heavy atom. The lowest BCUT2D eigenvalue weighted by atomic mass is 10.1. The number of benzene rings is 1. The lowest BCUT2D eigenvalue weighted by Gasteiger charge is -2.03. The summed E-state index contributed by atoms with van der Waals surface area (Å²) >= 11 is 4.56. The molecule has 0 atom stereocenters. The number of methoxy groups -OCH3 is 1. The number of amides is 1. The molecule has 0 aliphatic rings. The molecule has 8 nitrogen and oxygen atoms in total. The van der Waals surface area contributed by atoms with Crippen LogP contribution in [0.3, 0.4) is 0 Å². The number of nitro groups is 1. The third-order valence-electron chi connectivity index (χ3n) is 2.73. The zero-order chi connectivity index (χ0) is 16.3. The number of nitrogens with two attached hydrogens (primary N) is 1. The molecule has 0 radical (unpaired) electrons. The summed E-state index contributed by atoms with van der Waals surface area (Å²) < 4.78 is 10.3. The van der Waals surface area contributed by atoms with Crippen LogP contribution in [0.25, 0.3) is 11.3 Å². The van der Waals surface area contributed by atoms with Crippen molar-refractivity contribution < 1.29 is 18.9 Å². The molecule has 3 N–H and O–H groups in total. The molecule has 0 aliphatic carbocycles. The highest BCUT2D eigenvalue weighted by molar-refractivity contribution is 7.80. The summed E-state index contributed by atoms with van der Waals surface area (Å²) in [5, 5.41) is 13.2. The lowest BCUT2D eigenvalue weighted by molar-refractivity contribution is -0.384. The summed E-state index contributed by atoms with van der Waals surface area (Å²) in [4.78, 5) is 22.3. The molecule has 2 aromatic rings. The van der Waals surface area contributed by atoms with Crippen LogP contribution in [-0.2, 0) is 0 Å². The van der Waals surface area contributed by atoms with Gasteiger partial charge < -0.3 is 14.9 Å². The van der Waals surface area contributed by atoms with Crippen LogP contribution >= 0.6 is 12.2 Å². The number of carbonyl (C=O) groups excluding carboxylic acids is 1. The van der Waals surface area contributed by atoms with E-state index in [0.29, 0.717) is 5.75 Å². The minimum Gasteiger partial charge on any atom is -0.497 e. The van der Waals surface area contributed by atoms with Gasteiger partial charge in [0, 0.05) is 0 Å². The van der Waals surface area contributed by atoms with E-state index in [9.17, 15) is 14.9 Å². The predicted molar refractivity (Wildman–Crippen MR) is 81.6 cm³/mol. The van der Waals surface area contributed by atoms with Crippen molar-refractivity contribution in [1.29, 1.82) is 0 Å². The van der Waals surface area contributed by atoms with Crippen molar-refractivity contribution in [3.05, 3.63) is 46.2 Å². The molecule has 22 heavy (non-hydrogen) atoms. The largest absolute Gasteiger partial charge is 0.497 e. The molecule has 9 heteroatoms. The van der Waals surface area contributed by atoms with Gasteiger partial charge in [-0.1, -0.05) is 0 Å².